The van der Waals surface area contributed by atoms with E-state index in [-0.39, 0.29) is 11.1 Å². The average molecular weight is 294 g/mol. The van der Waals surface area contributed by atoms with E-state index in [1.165, 1.54) is 0 Å². The van der Waals surface area contributed by atoms with E-state index in [1.807, 2.05) is 23.8 Å². The van der Waals surface area contributed by atoms with Gasteiger partial charge in [0.25, 0.3) is 5.91 Å². The van der Waals surface area contributed by atoms with Crippen molar-refractivity contribution in [3.8, 4) is 0 Å². The van der Waals surface area contributed by atoms with Crippen LogP contribution >= 0.6 is 11.6 Å². The van der Waals surface area contributed by atoms with E-state index in [1.54, 1.807) is 25.4 Å². The monoisotopic (exact) mass is 293 g/mol. The number of aromatic nitrogens is 2. The molecule has 1 amide bonds. The highest BCUT2D eigenvalue weighted by molar-refractivity contribution is 6.32. The molecule has 0 saturated heterocycles. The quantitative estimate of drug-likeness (QED) is 0.863. The fourth-order valence-corrected chi connectivity index (χ4v) is 1.98. The number of hydrogen-bond donors (Lipinski definition) is 1. The SMILES string of the molecule is COCCn1cccc1C(=O)Nc1cc(C)cnc1Cl. The summed E-state index contributed by atoms with van der Waals surface area (Å²) < 4.78 is 6.85. The van der Waals surface area contributed by atoms with Gasteiger partial charge in [-0.3, -0.25) is 4.79 Å². The number of aryl methyl sites for hydroxylation is 1. The molecule has 0 fully saturated rings. The Bertz CT molecular complexity index is 610. The minimum Gasteiger partial charge on any atom is -0.383 e. The molecule has 1 N–H and O–H groups in total. The Morgan fingerprint density at radius 3 is 3.10 bits per heavy atom. The van der Waals surface area contributed by atoms with Gasteiger partial charge in [0.05, 0.1) is 12.3 Å². The van der Waals surface area contributed by atoms with Gasteiger partial charge >= 0.3 is 0 Å². The van der Waals surface area contributed by atoms with Crippen LogP contribution in [-0.4, -0.2) is 29.2 Å². The molecule has 0 aromatic carbocycles. The highest BCUT2D eigenvalue weighted by atomic mass is 35.5. The number of carbonyl (C=O) groups is 1. The van der Waals surface area contributed by atoms with Crippen LogP contribution in [0.5, 0.6) is 0 Å². The first-order chi connectivity index (χ1) is 9.61. The number of ether oxygens (including phenoxy) is 1. The molecule has 0 atom stereocenters. The third kappa shape index (κ3) is 3.37. The van der Waals surface area contributed by atoms with Gasteiger partial charge < -0.3 is 14.6 Å². The van der Waals surface area contributed by atoms with Gasteiger partial charge in [0.15, 0.2) is 5.15 Å². The van der Waals surface area contributed by atoms with Crippen LogP contribution < -0.4 is 5.32 Å². The van der Waals surface area contributed by atoms with E-state index in [0.717, 1.165) is 5.56 Å². The first kappa shape index (κ1) is 14.6. The van der Waals surface area contributed by atoms with Crippen molar-refractivity contribution < 1.29 is 9.53 Å². The second-order valence-electron chi connectivity index (χ2n) is 4.38. The van der Waals surface area contributed by atoms with E-state index >= 15 is 0 Å². The Balaban J connectivity index is 2.16. The Labute approximate surface area is 122 Å². The number of anilines is 1. The van der Waals surface area contributed by atoms with Gasteiger partial charge in [-0.1, -0.05) is 11.6 Å². The van der Waals surface area contributed by atoms with Crippen molar-refractivity contribution in [1.29, 1.82) is 0 Å². The fraction of sp³-hybridized carbons (Fsp3) is 0.286. The van der Waals surface area contributed by atoms with Gasteiger partial charge in [-0.2, -0.15) is 0 Å². The summed E-state index contributed by atoms with van der Waals surface area (Å²) in [6, 6.07) is 5.36. The van der Waals surface area contributed by atoms with Gasteiger partial charge in [-0.25, -0.2) is 4.98 Å². The van der Waals surface area contributed by atoms with Gasteiger partial charge in [0, 0.05) is 26.0 Å². The van der Waals surface area contributed by atoms with Crippen LogP contribution in [0.15, 0.2) is 30.6 Å². The maximum atomic E-state index is 12.3. The van der Waals surface area contributed by atoms with E-state index in [0.29, 0.717) is 24.5 Å². The minimum absolute atomic E-state index is 0.222. The van der Waals surface area contributed by atoms with Crippen molar-refractivity contribution in [2.45, 2.75) is 13.5 Å². The lowest BCUT2D eigenvalue weighted by Crippen LogP contribution is -2.18. The number of nitrogens with zero attached hydrogens (tertiary/aromatic N) is 2. The van der Waals surface area contributed by atoms with Gasteiger partial charge in [0.2, 0.25) is 0 Å². The molecule has 0 saturated carbocycles. The highest BCUT2D eigenvalue weighted by Gasteiger charge is 2.13. The zero-order valence-corrected chi connectivity index (χ0v) is 12.1. The summed E-state index contributed by atoms with van der Waals surface area (Å²) in [6.07, 6.45) is 3.49. The molecule has 0 bridgehead atoms. The zero-order chi connectivity index (χ0) is 14.5. The Hall–Kier alpha value is -1.85. The molecule has 2 heterocycles. The molecule has 0 aliphatic heterocycles. The summed E-state index contributed by atoms with van der Waals surface area (Å²) in [7, 11) is 1.63. The standard InChI is InChI=1S/C14H16ClN3O2/c1-10-8-11(13(15)16-9-10)17-14(19)12-4-3-5-18(12)6-7-20-2/h3-5,8-9H,6-7H2,1-2H3,(H,17,19). The Morgan fingerprint density at radius 1 is 1.55 bits per heavy atom. The molecule has 0 unspecified atom stereocenters. The molecule has 2 aromatic rings. The van der Waals surface area contributed by atoms with Crippen LogP contribution in [0, 0.1) is 6.92 Å². The molecule has 5 nitrogen and oxygen atoms in total. The second-order valence-corrected chi connectivity index (χ2v) is 4.74. The summed E-state index contributed by atoms with van der Waals surface area (Å²) in [5.74, 6) is -0.222. The van der Waals surface area contributed by atoms with Crippen LogP contribution in [0.3, 0.4) is 0 Å². The maximum Gasteiger partial charge on any atom is 0.272 e. The van der Waals surface area contributed by atoms with Gasteiger partial charge in [0.1, 0.15) is 5.69 Å². The lowest BCUT2D eigenvalue weighted by molar-refractivity contribution is 0.101. The number of pyridine rings is 1. The molecule has 2 rings (SSSR count). The van der Waals surface area contributed by atoms with Gasteiger partial charge in [-0.05, 0) is 30.7 Å². The molecule has 0 spiro atoms. The number of rotatable bonds is 5. The topological polar surface area (TPSA) is 56.1 Å². The molecule has 6 heteroatoms. The molecule has 0 aliphatic rings. The van der Waals surface area contributed by atoms with Crippen molar-refractivity contribution in [2.24, 2.45) is 0 Å². The second kappa shape index (κ2) is 6.54. The molecule has 0 radical (unpaired) electrons. The fourth-order valence-electron chi connectivity index (χ4n) is 1.83. The van der Waals surface area contributed by atoms with E-state index in [9.17, 15) is 4.79 Å². The molecule has 2 aromatic heterocycles. The van der Waals surface area contributed by atoms with E-state index in [2.05, 4.69) is 10.3 Å². The highest BCUT2D eigenvalue weighted by Crippen LogP contribution is 2.20. The Kier molecular flexibility index (Phi) is 4.76. The smallest absolute Gasteiger partial charge is 0.272 e. The predicted molar refractivity (Wildman–Crippen MR) is 78.2 cm³/mol. The average Bonchev–Trinajstić information content (AvgIpc) is 2.89. The summed E-state index contributed by atoms with van der Waals surface area (Å²) in [5, 5.41) is 3.05. The number of carbonyl (C=O) groups excluding carboxylic acids is 1. The van der Waals surface area contributed by atoms with Gasteiger partial charge in [-0.15, -0.1) is 0 Å². The van der Waals surface area contributed by atoms with Crippen molar-refractivity contribution >= 4 is 23.2 Å². The van der Waals surface area contributed by atoms with Crippen molar-refractivity contribution in [2.75, 3.05) is 19.0 Å². The summed E-state index contributed by atoms with van der Waals surface area (Å²) in [5.41, 5.74) is 2.00. The molecule has 106 valence electrons. The van der Waals surface area contributed by atoms with Crippen LogP contribution in [0.25, 0.3) is 0 Å². The summed E-state index contributed by atoms with van der Waals surface area (Å²) >= 11 is 5.97. The number of amides is 1. The number of hydrogen-bond acceptors (Lipinski definition) is 3. The van der Waals surface area contributed by atoms with Crippen LogP contribution in [0.2, 0.25) is 5.15 Å². The third-order valence-corrected chi connectivity index (χ3v) is 3.12. The number of methoxy groups -OCH3 is 1. The summed E-state index contributed by atoms with van der Waals surface area (Å²) in [6.45, 7) is 3.05. The predicted octanol–water partition coefficient (Wildman–Crippen LogP) is 2.74. The zero-order valence-electron chi connectivity index (χ0n) is 11.4. The van der Waals surface area contributed by atoms with Crippen LogP contribution in [0.1, 0.15) is 16.1 Å². The largest absolute Gasteiger partial charge is 0.383 e. The van der Waals surface area contributed by atoms with Crippen LogP contribution in [-0.2, 0) is 11.3 Å². The first-order valence-electron chi connectivity index (χ1n) is 6.19. The number of nitrogens with one attached hydrogen (secondary N) is 1. The first-order valence-corrected chi connectivity index (χ1v) is 6.57. The molecular formula is C14H16ClN3O2. The van der Waals surface area contributed by atoms with E-state index in [4.69, 9.17) is 16.3 Å². The van der Waals surface area contributed by atoms with Crippen LogP contribution in [0.4, 0.5) is 5.69 Å². The number of halogens is 1. The molecule has 0 aliphatic carbocycles. The Morgan fingerprint density at radius 2 is 2.35 bits per heavy atom. The van der Waals surface area contributed by atoms with Crippen molar-refractivity contribution in [1.82, 2.24) is 9.55 Å². The van der Waals surface area contributed by atoms with Crippen molar-refractivity contribution in [3.63, 3.8) is 0 Å². The van der Waals surface area contributed by atoms with Crippen molar-refractivity contribution in [3.05, 3.63) is 47.0 Å². The maximum absolute atomic E-state index is 12.3. The normalized spacial score (nSPS) is 10.6. The lowest BCUT2D eigenvalue weighted by atomic mass is 10.3. The van der Waals surface area contributed by atoms with E-state index < -0.39 is 0 Å². The molecular weight excluding hydrogens is 278 g/mol. The minimum atomic E-state index is -0.222. The third-order valence-electron chi connectivity index (χ3n) is 2.82. The lowest BCUT2D eigenvalue weighted by Gasteiger charge is -2.10. The molecule has 20 heavy (non-hydrogen) atoms. The summed E-state index contributed by atoms with van der Waals surface area (Å²) in [4.78, 5) is 16.3.